The van der Waals surface area contributed by atoms with E-state index in [2.05, 4.69) is 0 Å². The van der Waals surface area contributed by atoms with Gasteiger partial charge in [-0.3, -0.25) is 0 Å². The molecule has 2 rings (SSSR count). The number of anilines is 1. The van der Waals surface area contributed by atoms with Crippen LogP contribution in [0.1, 0.15) is 15.9 Å². The Bertz CT molecular complexity index is 676. The van der Waals surface area contributed by atoms with Gasteiger partial charge < -0.3 is 15.2 Å². The fourth-order valence-corrected chi connectivity index (χ4v) is 1.92. The maximum absolute atomic E-state index is 13.3. The van der Waals surface area contributed by atoms with Gasteiger partial charge in [0.2, 0.25) is 0 Å². The van der Waals surface area contributed by atoms with Crippen LogP contribution in [0.25, 0.3) is 0 Å². The molecule has 0 aliphatic carbocycles. The highest BCUT2D eigenvalue weighted by atomic mass is 35.5. The number of halogens is 2. The molecule has 0 aromatic heterocycles. The van der Waals surface area contributed by atoms with Crippen LogP contribution in [0, 0.1) is 5.82 Å². The van der Waals surface area contributed by atoms with E-state index >= 15 is 0 Å². The zero-order valence-corrected chi connectivity index (χ0v) is 12.0. The molecule has 0 atom stereocenters. The maximum Gasteiger partial charge on any atom is 0.342 e. The summed E-state index contributed by atoms with van der Waals surface area (Å²) < 4.78 is 23.5. The van der Waals surface area contributed by atoms with E-state index in [1.807, 2.05) is 0 Å². The molecule has 0 fully saturated rings. The second kappa shape index (κ2) is 6.45. The second-order valence-electron chi connectivity index (χ2n) is 4.25. The van der Waals surface area contributed by atoms with Gasteiger partial charge in [0.15, 0.2) is 5.75 Å². The SMILES string of the molecule is COc1c(N)cccc1C(=O)OCc1ccc(Cl)c(F)c1. The van der Waals surface area contributed by atoms with Crippen molar-refractivity contribution in [3.8, 4) is 5.75 Å². The first-order valence-corrected chi connectivity index (χ1v) is 6.44. The summed E-state index contributed by atoms with van der Waals surface area (Å²) in [7, 11) is 1.41. The molecule has 0 saturated heterocycles. The summed E-state index contributed by atoms with van der Waals surface area (Å²) in [4.78, 5) is 12.0. The van der Waals surface area contributed by atoms with Crippen molar-refractivity contribution in [3.05, 3.63) is 58.4 Å². The van der Waals surface area contributed by atoms with Crippen molar-refractivity contribution in [2.45, 2.75) is 6.61 Å². The number of benzene rings is 2. The monoisotopic (exact) mass is 309 g/mol. The van der Waals surface area contributed by atoms with Crippen LogP contribution in [0.3, 0.4) is 0 Å². The van der Waals surface area contributed by atoms with Gasteiger partial charge in [0.25, 0.3) is 0 Å². The number of para-hydroxylation sites is 1. The molecule has 0 unspecified atom stereocenters. The standard InChI is InChI=1S/C15H13ClFNO3/c1-20-14-10(3-2-4-13(14)18)15(19)21-8-9-5-6-11(16)12(17)7-9/h2-7H,8,18H2,1H3. The molecule has 110 valence electrons. The van der Waals surface area contributed by atoms with Gasteiger partial charge >= 0.3 is 5.97 Å². The summed E-state index contributed by atoms with van der Waals surface area (Å²) in [6.07, 6.45) is 0. The van der Waals surface area contributed by atoms with E-state index in [-0.39, 0.29) is 22.9 Å². The molecule has 0 heterocycles. The number of nitrogen functional groups attached to an aromatic ring is 1. The van der Waals surface area contributed by atoms with E-state index < -0.39 is 11.8 Å². The van der Waals surface area contributed by atoms with Crippen LogP contribution in [-0.4, -0.2) is 13.1 Å². The van der Waals surface area contributed by atoms with E-state index in [9.17, 15) is 9.18 Å². The molecule has 0 radical (unpaired) electrons. The largest absolute Gasteiger partial charge is 0.494 e. The third-order valence-electron chi connectivity index (χ3n) is 2.82. The van der Waals surface area contributed by atoms with Crippen LogP contribution in [0.5, 0.6) is 5.75 Å². The first-order valence-electron chi connectivity index (χ1n) is 6.06. The molecule has 2 aromatic rings. The number of methoxy groups -OCH3 is 1. The van der Waals surface area contributed by atoms with Crippen LogP contribution in [-0.2, 0) is 11.3 Å². The number of esters is 1. The van der Waals surface area contributed by atoms with Crippen LogP contribution in [0.15, 0.2) is 36.4 Å². The smallest absolute Gasteiger partial charge is 0.342 e. The maximum atomic E-state index is 13.3. The first kappa shape index (κ1) is 15.1. The number of nitrogens with two attached hydrogens (primary N) is 1. The van der Waals surface area contributed by atoms with Gasteiger partial charge in [-0.15, -0.1) is 0 Å². The number of hydrogen-bond acceptors (Lipinski definition) is 4. The van der Waals surface area contributed by atoms with E-state index in [1.165, 1.54) is 19.2 Å². The minimum Gasteiger partial charge on any atom is -0.494 e. The summed E-state index contributed by atoms with van der Waals surface area (Å²) in [5.41, 5.74) is 6.76. The number of carbonyl (C=O) groups excluding carboxylic acids is 1. The molecule has 0 amide bonds. The van der Waals surface area contributed by atoms with Gasteiger partial charge in [-0.2, -0.15) is 0 Å². The van der Waals surface area contributed by atoms with E-state index in [0.717, 1.165) is 0 Å². The number of rotatable bonds is 4. The van der Waals surface area contributed by atoms with E-state index in [1.54, 1.807) is 24.3 Å². The highest BCUT2D eigenvalue weighted by Gasteiger charge is 2.16. The Labute approximate surface area is 126 Å². The minimum atomic E-state index is -0.602. The van der Waals surface area contributed by atoms with Crippen molar-refractivity contribution < 1.29 is 18.7 Å². The highest BCUT2D eigenvalue weighted by Crippen LogP contribution is 2.26. The summed E-state index contributed by atoms with van der Waals surface area (Å²) in [5, 5.41) is 0.0163. The lowest BCUT2D eigenvalue weighted by molar-refractivity contribution is 0.0469. The number of ether oxygens (including phenoxy) is 2. The quantitative estimate of drug-likeness (QED) is 0.694. The second-order valence-corrected chi connectivity index (χ2v) is 4.66. The summed E-state index contributed by atoms with van der Waals surface area (Å²) in [6.45, 7) is -0.0785. The summed E-state index contributed by atoms with van der Waals surface area (Å²) >= 11 is 5.58. The molecular formula is C15H13ClFNO3. The predicted molar refractivity (Wildman–Crippen MR) is 77.9 cm³/mol. The Kier molecular flexibility index (Phi) is 4.65. The third-order valence-corrected chi connectivity index (χ3v) is 3.13. The Morgan fingerprint density at radius 3 is 2.76 bits per heavy atom. The topological polar surface area (TPSA) is 61.5 Å². The normalized spacial score (nSPS) is 10.2. The van der Waals surface area contributed by atoms with Crippen molar-refractivity contribution >= 4 is 23.3 Å². The van der Waals surface area contributed by atoms with Crippen LogP contribution in [0.2, 0.25) is 5.02 Å². The molecule has 0 spiro atoms. The van der Waals surface area contributed by atoms with Crippen molar-refractivity contribution in [1.29, 1.82) is 0 Å². The molecule has 6 heteroatoms. The molecule has 21 heavy (non-hydrogen) atoms. The Morgan fingerprint density at radius 1 is 1.33 bits per heavy atom. The van der Waals surface area contributed by atoms with Crippen LogP contribution < -0.4 is 10.5 Å². The average Bonchev–Trinajstić information content (AvgIpc) is 2.48. The van der Waals surface area contributed by atoms with Crippen molar-refractivity contribution in [3.63, 3.8) is 0 Å². The van der Waals surface area contributed by atoms with E-state index in [4.69, 9.17) is 26.8 Å². The first-order chi connectivity index (χ1) is 10.0. The molecular weight excluding hydrogens is 297 g/mol. The summed E-state index contributed by atoms with van der Waals surface area (Å²) in [5.74, 6) is -0.911. The zero-order chi connectivity index (χ0) is 15.4. The van der Waals surface area contributed by atoms with Gasteiger partial charge in [0.1, 0.15) is 18.0 Å². The van der Waals surface area contributed by atoms with Gasteiger partial charge in [-0.05, 0) is 29.8 Å². The van der Waals surface area contributed by atoms with Crippen molar-refractivity contribution in [2.75, 3.05) is 12.8 Å². The average molecular weight is 310 g/mol. The highest BCUT2D eigenvalue weighted by molar-refractivity contribution is 6.30. The fourth-order valence-electron chi connectivity index (χ4n) is 1.80. The molecule has 4 nitrogen and oxygen atoms in total. The zero-order valence-electron chi connectivity index (χ0n) is 11.2. The lowest BCUT2D eigenvalue weighted by Crippen LogP contribution is -2.08. The summed E-state index contributed by atoms with van der Waals surface area (Å²) in [6, 6.07) is 8.98. The van der Waals surface area contributed by atoms with Gasteiger partial charge in [0.05, 0.1) is 17.8 Å². The fraction of sp³-hybridized carbons (Fsp3) is 0.133. The van der Waals surface area contributed by atoms with Crippen molar-refractivity contribution in [1.82, 2.24) is 0 Å². The van der Waals surface area contributed by atoms with Crippen LogP contribution >= 0.6 is 11.6 Å². The molecule has 2 N–H and O–H groups in total. The van der Waals surface area contributed by atoms with Gasteiger partial charge in [0, 0.05) is 0 Å². The van der Waals surface area contributed by atoms with Gasteiger partial charge in [-0.25, -0.2) is 9.18 Å². The molecule has 0 aliphatic rings. The van der Waals surface area contributed by atoms with E-state index in [0.29, 0.717) is 11.3 Å². The predicted octanol–water partition coefficient (Wildman–Crippen LogP) is 3.43. The van der Waals surface area contributed by atoms with Crippen LogP contribution in [0.4, 0.5) is 10.1 Å². The molecule has 0 saturated carbocycles. The molecule has 0 bridgehead atoms. The number of carbonyl (C=O) groups is 1. The Balaban J connectivity index is 2.12. The Morgan fingerprint density at radius 2 is 2.10 bits per heavy atom. The Hall–Kier alpha value is -2.27. The number of hydrogen-bond donors (Lipinski definition) is 1. The van der Waals surface area contributed by atoms with Crippen molar-refractivity contribution in [2.24, 2.45) is 0 Å². The lowest BCUT2D eigenvalue weighted by Gasteiger charge is -2.10. The lowest BCUT2D eigenvalue weighted by atomic mass is 10.1. The minimum absolute atomic E-state index is 0.0163. The molecule has 0 aliphatic heterocycles. The molecule has 2 aromatic carbocycles. The third kappa shape index (κ3) is 3.44. The van der Waals surface area contributed by atoms with Gasteiger partial charge in [-0.1, -0.05) is 23.7 Å².